The zero-order valence-corrected chi connectivity index (χ0v) is 12.7. The Balaban J connectivity index is 2.22. The van der Waals surface area contributed by atoms with Crippen molar-refractivity contribution in [3.63, 3.8) is 0 Å². The predicted octanol–water partition coefficient (Wildman–Crippen LogP) is 2.79. The lowest BCUT2D eigenvalue weighted by Crippen LogP contribution is -2.47. The monoisotopic (exact) mass is 275 g/mol. The summed E-state index contributed by atoms with van der Waals surface area (Å²) in [5.41, 5.74) is 7.93. The van der Waals surface area contributed by atoms with Crippen LogP contribution in [0.5, 0.6) is 0 Å². The normalized spacial score (nSPS) is 17.6. The molecule has 1 aromatic rings. The fourth-order valence-electron chi connectivity index (χ4n) is 2.92. The van der Waals surface area contributed by atoms with Crippen LogP contribution >= 0.6 is 0 Å². The highest BCUT2D eigenvalue weighted by atomic mass is 16.1. The van der Waals surface area contributed by atoms with Crippen molar-refractivity contribution >= 4 is 17.3 Å². The van der Waals surface area contributed by atoms with Crippen molar-refractivity contribution in [2.24, 2.45) is 0 Å². The molecule has 3 N–H and O–H groups in total. The van der Waals surface area contributed by atoms with Gasteiger partial charge in [0.05, 0.1) is 5.56 Å². The topological polar surface area (TPSA) is 58.4 Å². The van der Waals surface area contributed by atoms with Gasteiger partial charge in [-0.3, -0.25) is 4.79 Å². The SMILES string of the molecule is CN(C)c1ccc(N)cc1C(=O)NC1(C)CCCCC1. The zero-order valence-electron chi connectivity index (χ0n) is 12.7. The molecular weight excluding hydrogens is 250 g/mol. The van der Waals surface area contributed by atoms with Gasteiger partial charge in [-0.15, -0.1) is 0 Å². The number of nitrogens with zero attached hydrogens (tertiary/aromatic N) is 1. The Morgan fingerprint density at radius 1 is 1.25 bits per heavy atom. The number of amides is 1. The van der Waals surface area contributed by atoms with E-state index in [1.807, 2.05) is 31.1 Å². The van der Waals surface area contributed by atoms with E-state index in [1.165, 1.54) is 19.3 Å². The average Bonchev–Trinajstić information content (AvgIpc) is 2.38. The third kappa shape index (κ3) is 3.24. The second-order valence-corrected chi connectivity index (χ2v) is 6.25. The van der Waals surface area contributed by atoms with Crippen LogP contribution in [0.25, 0.3) is 0 Å². The number of nitrogens with one attached hydrogen (secondary N) is 1. The van der Waals surface area contributed by atoms with Crippen molar-refractivity contribution in [2.45, 2.75) is 44.6 Å². The molecular formula is C16H25N3O. The van der Waals surface area contributed by atoms with E-state index in [2.05, 4.69) is 12.2 Å². The van der Waals surface area contributed by atoms with E-state index in [9.17, 15) is 4.79 Å². The molecule has 1 aliphatic carbocycles. The maximum atomic E-state index is 12.6. The summed E-state index contributed by atoms with van der Waals surface area (Å²) in [5, 5.41) is 3.21. The van der Waals surface area contributed by atoms with Crippen LogP contribution < -0.4 is 16.0 Å². The molecule has 0 unspecified atom stereocenters. The van der Waals surface area contributed by atoms with E-state index in [-0.39, 0.29) is 11.4 Å². The summed E-state index contributed by atoms with van der Waals surface area (Å²) in [6.45, 7) is 2.14. The minimum absolute atomic E-state index is 0.0228. The van der Waals surface area contributed by atoms with Gasteiger partial charge in [-0.05, 0) is 38.0 Å². The Morgan fingerprint density at radius 2 is 1.90 bits per heavy atom. The largest absolute Gasteiger partial charge is 0.399 e. The quantitative estimate of drug-likeness (QED) is 0.834. The van der Waals surface area contributed by atoms with Crippen molar-refractivity contribution < 1.29 is 4.79 Å². The maximum Gasteiger partial charge on any atom is 0.253 e. The highest BCUT2D eigenvalue weighted by Gasteiger charge is 2.29. The van der Waals surface area contributed by atoms with Gasteiger partial charge in [0.25, 0.3) is 5.91 Å². The van der Waals surface area contributed by atoms with Gasteiger partial charge in [0, 0.05) is 31.0 Å². The molecule has 2 rings (SSSR count). The smallest absolute Gasteiger partial charge is 0.253 e. The molecule has 0 atom stereocenters. The molecule has 0 spiro atoms. The Hall–Kier alpha value is -1.71. The second kappa shape index (κ2) is 5.73. The van der Waals surface area contributed by atoms with Crippen LogP contribution in [0.4, 0.5) is 11.4 Å². The van der Waals surface area contributed by atoms with Crippen molar-refractivity contribution in [1.29, 1.82) is 0 Å². The minimum Gasteiger partial charge on any atom is -0.399 e. The van der Waals surface area contributed by atoms with Crippen LogP contribution in [0, 0.1) is 0 Å². The van der Waals surface area contributed by atoms with Crippen molar-refractivity contribution in [1.82, 2.24) is 5.32 Å². The van der Waals surface area contributed by atoms with E-state index < -0.39 is 0 Å². The third-order valence-electron chi connectivity index (χ3n) is 4.12. The highest BCUT2D eigenvalue weighted by Crippen LogP contribution is 2.29. The van der Waals surface area contributed by atoms with Gasteiger partial charge in [-0.2, -0.15) is 0 Å². The third-order valence-corrected chi connectivity index (χ3v) is 4.12. The number of rotatable bonds is 3. The molecule has 0 radical (unpaired) electrons. The molecule has 0 saturated heterocycles. The minimum atomic E-state index is -0.0798. The molecule has 4 nitrogen and oxygen atoms in total. The van der Waals surface area contributed by atoms with E-state index in [4.69, 9.17) is 5.73 Å². The Bertz CT molecular complexity index is 490. The average molecular weight is 275 g/mol. The summed E-state index contributed by atoms with van der Waals surface area (Å²) >= 11 is 0. The van der Waals surface area contributed by atoms with E-state index in [0.29, 0.717) is 11.3 Å². The summed E-state index contributed by atoms with van der Waals surface area (Å²) in [7, 11) is 3.87. The fourth-order valence-corrected chi connectivity index (χ4v) is 2.92. The standard InChI is InChI=1S/C16H25N3O/c1-16(9-5-4-6-10-16)18-15(20)13-11-12(17)7-8-14(13)19(2)3/h7-8,11H,4-6,9-10,17H2,1-3H3,(H,18,20). The van der Waals surface area contributed by atoms with Gasteiger partial charge < -0.3 is 16.0 Å². The lowest BCUT2D eigenvalue weighted by Gasteiger charge is -2.35. The molecule has 0 aromatic heterocycles. The van der Waals surface area contributed by atoms with Crippen LogP contribution in [-0.2, 0) is 0 Å². The van der Waals surface area contributed by atoms with Crippen molar-refractivity contribution in [3.8, 4) is 0 Å². The number of carbonyl (C=O) groups is 1. The molecule has 0 bridgehead atoms. The van der Waals surface area contributed by atoms with Crippen molar-refractivity contribution in [2.75, 3.05) is 24.7 Å². The summed E-state index contributed by atoms with van der Waals surface area (Å²) < 4.78 is 0. The molecule has 1 aliphatic rings. The van der Waals surface area contributed by atoms with Gasteiger partial charge >= 0.3 is 0 Å². The maximum absolute atomic E-state index is 12.6. The predicted molar refractivity (Wildman–Crippen MR) is 84.1 cm³/mol. The molecule has 0 aliphatic heterocycles. The Kier molecular flexibility index (Phi) is 4.21. The van der Waals surface area contributed by atoms with Crippen LogP contribution in [0.15, 0.2) is 18.2 Å². The Labute approximate surface area is 121 Å². The van der Waals surface area contributed by atoms with Crippen molar-refractivity contribution in [3.05, 3.63) is 23.8 Å². The van der Waals surface area contributed by atoms with Crippen LogP contribution in [0.1, 0.15) is 49.4 Å². The molecule has 1 fully saturated rings. The first-order valence-electron chi connectivity index (χ1n) is 7.31. The number of nitrogen functional groups attached to an aromatic ring is 1. The summed E-state index contributed by atoms with van der Waals surface area (Å²) in [5.74, 6) is -0.0228. The first kappa shape index (κ1) is 14.7. The van der Waals surface area contributed by atoms with E-state index in [1.54, 1.807) is 6.07 Å². The number of anilines is 2. The summed E-state index contributed by atoms with van der Waals surface area (Å²) in [4.78, 5) is 14.5. The number of hydrogen-bond acceptors (Lipinski definition) is 3. The van der Waals surface area contributed by atoms with Gasteiger partial charge in [-0.25, -0.2) is 0 Å². The molecule has 20 heavy (non-hydrogen) atoms. The fraction of sp³-hybridized carbons (Fsp3) is 0.562. The number of hydrogen-bond donors (Lipinski definition) is 2. The lowest BCUT2D eigenvalue weighted by molar-refractivity contribution is 0.0883. The Morgan fingerprint density at radius 3 is 2.50 bits per heavy atom. The zero-order chi connectivity index (χ0) is 14.8. The number of nitrogens with two attached hydrogens (primary N) is 1. The number of benzene rings is 1. The highest BCUT2D eigenvalue weighted by molar-refractivity contribution is 6.01. The molecule has 4 heteroatoms. The van der Waals surface area contributed by atoms with Crippen LogP contribution in [-0.4, -0.2) is 25.5 Å². The summed E-state index contributed by atoms with van der Waals surface area (Å²) in [6, 6.07) is 5.48. The van der Waals surface area contributed by atoms with Crippen LogP contribution in [0.3, 0.4) is 0 Å². The molecule has 110 valence electrons. The van der Waals surface area contributed by atoms with E-state index in [0.717, 1.165) is 18.5 Å². The van der Waals surface area contributed by atoms with Gasteiger partial charge in [0.15, 0.2) is 0 Å². The number of carbonyl (C=O) groups excluding carboxylic acids is 1. The first-order chi connectivity index (χ1) is 9.41. The molecule has 1 amide bonds. The second-order valence-electron chi connectivity index (χ2n) is 6.25. The summed E-state index contributed by atoms with van der Waals surface area (Å²) in [6.07, 6.45) is 5.76. The molecule has 1 saturated carbocycles. The van der Waals surface area contributed by atoms with Crippen LogP contribution in [0.2, 0.25) is 0 Å². The van der Waals surface area contributed by atoms with Gasteiger partial charge in [0.1, 0.15) is 0 Å². The molecule has 0 heterocycles. The van der Waals surface area contributed by atoms with Gasteiger partial charge in [-0.1, -0.05) is 19.3 Å². The molecule has 1 aromatic carbocycles. The van der Waals surface area contributed by atoms with E-state index >= 15 is 0 Å². The van der Waals surface area contributed by atoms with Gasteiger partial charge in [0.2, 0.25) is 0 Å². The lowest BCUT2D eigenvalue weighted by atomic mass is 9.83. The first-order valence-corrected chi connectivity index (χ1v) is 7.31.